The monoisotopic (exact) mass is 360 g/mol. The first-order valence-electron chi connectivity index (χ1n) is 6.70. The summed E-state index contributed by atoms with van der Waals surface area (Å²) in [5, 5.41) is 6.45. The van der Waals surface area contributed by atoms with Crippen molar-refractivity contribution in [3.8, 4) is 0 Å². The molecule has 1 N–H and O–H groups in total. The van der Waals surface area contributed by atoms with Crippen molar-refractivity contribution in [2.75, 3.05) is 5.32 Å². The van der Waals surface area contributed by atoms with Gasteiger partial charge in [-0.3, -0.25) is 0 Å². The van der Waals surface area contributed by atoms with E-state index in [4.69, 9.17) is 11.6 Å². The maximum Gasteiger partial charge on any atom is 0.143 e. The Hall–Kier alpha value is -1.58. The first-order chi connectivity index (χ1) is 10.1. The Bertz CT molecular complexity index is 783. The molecular weight excluding hydrogens is 348 g/mol. The third-order valence-corrected chi connectivity index (χ3v) is 4.60. The SMILES string of the molecule is CC(Nc1cnc(Cl)c(Br)c1)c1cccc2ccccc12. The maximum atomic E-state index is 5.93. The Morgan fingerprint density at radius 2 is 1.90 bits per heavy atom. The molecule has 0 spiro atoms. The van der Waals surface area contributed by atoms with Gasteiger partial charge in [0.05, 0.1) is 16.4 Å². The van der Waals surface area contributed by atoms with Crippen molar-refractivity contribution in [3.05, 3.63) is 69.9 Å². The molecule has 2 nitrogen and oxygen atoms in total. The van der Waals surface area contributed by atoms with E-state index in [1.807, 2.05) is 6.07 Å². The normalized spacial score (nSPS) is 12.3. The van der Waals surface area contributed by atoms with E-state index in [0.29, 0.717) is 5.15 Å². The highest BCUT2D eigenvalue weighted by Gasteiger charge is 2.10. The topological polar surface area (TPSA) is 24.9 Å². The highest BCUT2D eigenvalue weighted by atomic mass is 79.9. The van der Waals surface area contributed by atoms with Crippen LogP contribution in [-0.4, -0.2) is 4.98 Å². The van der Waals surface area contributed by atoms with Gasteiger partial charge >= 0.3 is 0 Å². The number of nitrogens with zero attached hydrogens (tertiary/aromatic N) is 1. The third-order valence-electron chi connectivity index (χ3n) is 3.47. The molecule has 1 unspecified atom stereocenters. The standard InChI is InChI=1S/C17H14BrClN2/c1-11(21-13-9-16(18)17(19)20-10-13)14-8-4-6-12-5-2-3-7-15(12)14/h2-11,21H,1H3. The molecular formula is C17H14BrClN2. The zero-order valence-electron chi connectivity index (χ0n) is 11.5. The molecule has 0 bridgehead atoms. The van der Waals surface area contributed by atoms with E-state index < -0.39 is 0 Å². The molecule has 4 heteroatoms. The lowest BCUT2D eigenvalue weighted by atomic mass is 9.99. The second kappa shape index (κ2) is 6.04. The van der Waals surface area contributed by atoms with Gasteiger partial charge in [0.25, 0.3) is 0 Å². The number of anilines is 1. The van der Waals surface area contributed by atoms with Crippen molar-refractivity contribution in [2.24, 2.45) is 0 Å². The van der Waals surface area contributed by atoms with Crippen molar-refractivity contribution in [3.63, 3.8) is 0 Å². The van der Waals surface area contributed by atoms with E-state index in [-0.39, 0.29) is 6.04 Å². The summed E-state index contributed by atoms with van der Waals surface area (Å²) in [5.74, 6) is 0. The van der Waals surface area contributed by atoms with Crippen molar-refractivity contribution >= 4 is 44.0 Å². The number of rotatable bonds is 3. The van der Waals surface area contributed by atoms with E-state index >= 15 is 0 Å². The van der Waals surface area contributed by atoms with Crippen LogP contribution in [0.25, 0.3) is 10.8 Å². The number of aromatic nitrogens is 1. The van der Waals surface area contributed by atoms with Gasteiger partial charge in [0.2, 0.25) is 0 Å². The average Bonchev–Trinajstić information content (AvgIpc) is 2.50. The zero-order valence-corrected chi connectivity index (χ0v) is 13.8. The maximum absolute atomic E-state index is 5.93. The van der Waals surface area contributed by atoms with Crippen LogP contribution < -0.4 is 5.32 Å². The molecule has 0 aliphatic rings. The van der Waals surface area contributed by atoms with Gasteiger partial charge in [-0.05, 0) is 45.3 Å². The van der Waals surface area contributed by atoms with E-state index in [2.05, 4.69) is 75.6 Å². The summed E-state index contributed by atoms with van der Waals surface area (Å²) in [6.07, 6.45) is 1.74. The Balaban J connectivity index is 1.93. The summed E-state index contributed by atoms with van der Waals surface area (Å²) >= 11 is 9.32. The molecule has 0 aliphatic heterocycles. The van der Waals surface area contributed by atoms with E-state index in [9.17, 15) is 0 Å². The first kappa shape index (κ1) is 14.4. The first-order valence-corrected chi connectivity index (χ1v) is 7.87. The summed E-state index contributed by atoms with van der Waals surface area (Å²) in [6.45, 7) is 2.14. The molecule has 0 aliphatic carbocycles. The summed E-state index contributed by atoms with van der Waals surface area (Å²) in [4.78, 5) is 4.14. The van der Waals surface area contributed by atoms with Crippen LogP contribution in [0.2, 0.25) is 5.15 Å². The van der Waals surface area contributed by atoms with Crippen LogP contribution in [-0.2, 0) is 0 Å². The van der Waals surface area contributed by atoms with E-state index in [1.165, 1.54) is 16.3 Å². The Morgan fingerprint density at radius 3 is 2.71 bits per heavy atom. The highest BCUT2D eigenvalue weighted by molar-refractivity contribution is 9.10. The van der Waals surface area contributed by atoms with Gasteiger partial charge in [-0.25, -0.2) is 4.98 Å². The molecule has 0 radical (unpaired) electrons. The number of pyridine rings is 1. The molecule has 0 saturated heterocycles. The molecule has 1 heterocycles. The molecule has 106 valence electrons. The smallest absolute Gasteiger partial charge is 0.143 e. The fraction of sp³-hybridized carbons (Fsp3) is 0.118. The summed E-state index contributed by atoms with van der Waals surface area (Å²) in [7, 11) is 0. The summed E-state index contributed by atoms with van der Waals surface area (Å²) in [6, 6.07) is 16.9. The number of hydrogen-bond donors (Lipinski definition) is 1. The fourth-order valence-electron chi connectivity index (χ4n) is 2.46. The molecule has 1 aromatic heterocycles. The minimum atomic E-state index is 0.172. The van der Waals surface area contributed by atoms with Crippen LogP contribution >= 0.6 is 27.5 Å². The number of fused-ring (bicyclic) bond motifs is 1. The van der Waals surface area contributed by atoms with Gasteiger partial charge in [0.15, 0.2) is 0 Å². The lowest BCUT2D eigenvalue weighted by Gasteiger charge is -2.18. The van der Waals surface area contributed by atoms with Crippen LogP contribution in [0.15, 0.2) is 59.2 Å². The predicted octanol–water partition coefficient (Wildman–Crippen LogP) is 5.82. The number of halogens is 2. The molecule has 3 rings (SSSR count). The van der Waals surface area contributed by atoms with Crippen LogP contribution in [0.1, 0.15) is 18.5 Å². The molecule has 1 atom stereocenters. The van der Waals surface area contributed by atoms with E-state index in [1.54, 1.807) is 6.20 Å². The Labute approximate surface area is 137 Å². The van der Waals surface area contributed by atoms with Crippen LogP contribution in [0.5, 0.6) is 0 Å². The van der Waals surface area contributed by atoms with Crippen LogP contribution in [0.3, 0.4) is 0 Å². The minimum Gasteiger partial charge on any atom is -0.377 e. The molecule has 2 aromatic carbocycles. The van der Waals surface area contributed by atoms with Gasteiger partial charge < -0.3 is 5.32 Å². The van der Waals surface area contributed by atoms with Crippen molar-refractivity contribution in [1.29, 1.82) is 0 Å². The quantitative estimate of drug-likeness (QED) is 0.594. The van der Waals surface area contributed by atoms with E-state index in [0.717, 1.165) is 10.2 Å². The average molecular weight is 362 g/mol. The minimum absolute atomic E-state index is 0.172. The van der Waals surface area contributed by atoms with Crippen LogP contribution in [0.4, 0.5) is 5.69 Å². The Kier molecular flexibility index (Phi) is 4.13. The number of benzene rings is 2. The summed E-state index contributed by atoms with van der Waals surface area (Å²) < 4.78 is 0.791. The van der Waals surface area contributed by atoms with Gasteiger partial charge in [-0.15, -0.1) is 0 Å². The predicted molar refractivity (Wildman–Crippen MR) is 92.9 cm³/mol. The zero-order chi connectivity index (χ0) is 14.8. The largest absolute Gasteiger partial charge is 0.377 e. The lowest BCUT2D eigenvalue weighted by Crippen LogP contribution is -2.07. The van der Waals surface area contributed by atoms with Gasteiger partial charge in [-0.1, -0.05) is 54.1 Å². The summed E-state index contributed by atoms with van der Waals surface area (Å²) in [5.41, 5.74) is 2.20. The highest BCUT2D eigenvalue weighted by Crippen LogP contribution is 2.28. The van der Waals surface area contributed by atoms with Crippen LogP contribution in [0, 0.1) is 0 Å². The molecule has 0 saturated carbocycles. The molecule has 21 heavy (non-hydrogen) atoms. The molecule has 3 aromatic rings. The second-order valence-electron chi connectivity index (χ2n) is 4.93. The van der Waals surface area contributed by atoms with Crippen molar-refractivity contribution in [2.45, 2.75) is 13.0 Å². The fourth-order valence-corrected chi connectivity index (χ4v) is 2.91. The van der Waals surface area contributed by atoms with Gasteiger partial charge in [-0.2, -0.15) is 0 Å². The molecule has 0 fully saturated rings. The number of hydrogen-bond acceptors (Lipinski definition) is 2. The van der Waals surface area contributed by atoms with Crippen molar-refractivity contribution < 1.29 is 0 Å². The lowest BCUT2D eigenvalue weighted by molar-refractivity contribution is 0.892. The molecule has 0 amide bonds. The van der Waals surface area contributed by atoms with Gasteiger partial charge in [0.1, 0.15) is 5.15 Å². The number of nitrogens with one attached hydrogen (secondary N) is 1. The van der Waals surface area contributed by atoms with Crippen molar-refractivity contribution in [1.82, 2.24) is 4.98 Å². The van der Waals surface area contributed by atoms with Gasteiger partial charge in [0, 0.05) is 6.04 Å². The second-order valence-corrected chi connectivity index (χ2v) is 6.14. The third kappa shape index (κ3) is 3.04. The Morgan fingerprint density at radius 1 is 1.14 bits per heavy atom.